The quantitative estimate of drug-likeness (QED) is 0.725. The number of hydrogen-bond donors (Lipinski definition) is 0. The largest absolute Gasteiger partial charge is 0.419 e. The van der Waals surface area contributed by atoms with Gasteiger partial charge in [0.2, 0.25) is 0 Å². The van der Waals surface area contributed by atoms with E-state index in [4.69, 9.17) is 4.42 Å². The van der Waals surface area contributed by atoms with Gasteiger partial charge in [-0.25, -0.2) is 4.79 Å². The van der Waals surface area contributed by atoms with Crippen LogP contribution >= 0.6 is 0 Å². The van der Waals surface area contributed by atoms with Gasteiger partial charge in [-0.15, -0.1) is 0 Å². The summed E-state index contributed by atoms with van der Waals surface area (Å²) in [5.74, 6) is -0.00824. The van der Waals surface area contributed by atoms with E-state index in [9.17, 15) is 9.59 Å². The van der Waals surface area contributed by atoms with Crippen LogP contribution in [0.2, 0.25) is 0 Å². The van der Waals surface area contributed by atoms with E-state index >= 15 is 0 Å². The minimum atomic E-state index is -0.438. The Morgan fingerprint density at radius 1 is 1.38 bits per heavy atom. The van der Waals surface area contributed by atoms with E-state index in [-0.39, 0.29) is 11.5 Å². The van der Waals surface area contributed by atoms with Crippen molar-refractivity contribution in [3.05, 3.63) is 46.0 Å². The van der Waals surface area contributed by atoms with Crippen LogP contribution in [0.5, 0.6) is 0 Å². The van der Waals surface area contributed by atoms with Crippen molar-refractivity contribution < 1.29 is 9.21 Å². The Hall–Kier alpha value is -1.90. The van der Waals surface area contributed by atoms with Crippen LogP contribution in [0.3, 0.4) is 0 Å². The molecular weight excluding hydrogens is 204 g/mol. The van der Waals surface area contributed by atoms with Gasteiger partial charge in [0.25, 0.3) is 0 Å². The number of fused-ring (bicyclic) bond motifs is 1. The summed E-state index contributed by atoms with van der Waals surface area (Å²) in [7, 11) is 0. The molecule has 0 fully saturated rings. The average Bonchev–Trinajstić information content (AvgIpc) is 2.27. The van der Waals surface area contributed by atoms with E-state index in [2.05, 4.69) is 0 Å². The van der Waals surface area contributed by atoms with Gasteiger partial charge in [0.1, 0.15) is 0 Å². The number of carbonyl (C=O) groups is 1. The van der Waals surface area contributed by atoms with Crippen LogP contribution in [-0.4, -0.2) is 5.78 Å². The number of hydrogen-bond acceptors (Lipinski definition) is 3. The molecule has 16 heavy (non-hydrogen) atoms. The molecule has 3 heteroatoms. The van der Waals surface area contributed by atoms with E-state index in [0.717, 1.165) is 10.9 Å². The molecule has 3 nitrogen and oxygen atoms in total. The van der Waals surface area contributed by atoms with E-state index in [1.54, 1.807) is 13.0 Å². The molecule has 0 radical (unpaired) electrons. The molecule has 0 unspecified atom stereocenters. The Kier molecular flexibility index (Phi) is 2.60. The first-order valence-corrected chi connectivity index (χ1v) is 5.20. The number of Topliss-reactive ketones (excluding diaryl/α,β-unsaturated/α-hetero) is 1. The topological polar surface area (TPSA) is 47.3 Å². The normalized spacial score (nSPS) is 10.6. The Morgan fingerprint density at radius 2 is 2.12 bits per heavy atom. The van der Waals surface area contributed by atoms with Crippen molar-refractivity contribution in [3.8, 4) is 0 Å². The van der Waals surface area contributed by atoms with Crippen molar-refractivity contribution in [1.82, 2.24) is 0 Å². The standard InChI is InChI=1S/C13H12O3/c1-3-10(14)11-7-9-6-4-5-8(2)12(9)13(15)16-11/h4-7H,3H2,1-2H3. The molecule has 0 N–H and O–H groups in total. The van der Waals surface area contributed by atoms with Crippen LogP contribution in [0.15, 0.2) is 33.5 Å². The number of benzene rings is 1. The summed E-state index contributed by atoms with van der Waals surface area (Å²) in [4.78, 5) is 23.2. The predicted octanol–water partition coefficient (Wildman–Crippen LogP) is 2.69. The molecule has 1 aromatic heterocycles. The Balaban J connectivity index is 2.79. The van der Waals surface area contributed by atoms with Gasteiger partial charge in [0.15, 0.2) is 11.5 Å². The van der Waals surface area contributed by atoms with Gasteiger partial charge in [-0.1, -0.05) is 25.1 Å². The van der Waals surface area contributed by atoms with Crippen molar-refractivity contribution >= 4 is 16.6 Å². The summed E-state index contributed by atoms with van der Waals surface area (Å²) in [6, 6.07) is 7.15. The minimum absolute atomic E-state index is 0.144. The first-order valence-electron chi connectivity index (χ1n) is 5.20. The average molecular weight is 216 g/mol. The first-order chi connectivity index (χ1) is 7.63. The molecule has 0 saturated carbocycles. The fourth-order valence-electron chi connectivity index (χ4n) is 1.72. The van der Waals surface area contributed by atoms with Crippen LogP contribution in [-0.2, 0) is 0 Å². The van der Waals surface area contributed by atoms with Crippen molar-refractivity contribution in [2.75, 3.05) is 0 Å². The number of carbonyl (C=O) groups excluding carboxylic acids is 1. The molecule has 0 aliphatic rings. The van der Waals surface area contributed by atoms with E-state index in [1.165, 1.54) is 0 Å². The SMILES string of the molecule is CCC(=O)c1cc2cccc(C)c2c(=O)o1. The maximum atomic E-state index is 11.7. The molecule has 0 aliphatic carbocycles. The molecule has 1 aromatic carbocycles. The molecule has 0 spiro atoms. The van der Waals surface area contributed by atoms with Gasteiger partial charge in [-0.05, 0) is 23.9 Å². The Labute approximate surface area is 92.7 Å². The summed E-state index contributed by atoms with van der Waals surface area (Å²) in [6.45, 7) is 3.59. The molecular formula is C13H12O3. The molecule has 0 bridgehead atoms. The lowest BCUT2D eigenvalue weighted by molar-refractivity contribution is 0.0957. The molecule has 0 atom stereocenters. The summed E-state index contributed by atoms with van der Waals surface area (Å²) in [5.41, 5.74) is 0.425. The minimum Gasteiger partial charge on any atom is -0.419 e. The zero-order valence-electron chi connectivity index (χ0n) is 9.24. The number of rotatable bonds is 2. The van der Waals surface area contributed by atoms with E-state index in [0.29, 0.717) is 11.8 Å². The van der Waals surface area contributed by atoms with Gasteiger partial charge in [-0.3, -0.25) is 4.79 Å². The van der Waals surface area contributed by atoms with Crippen LogP contribution in [0, 0.1) is 6.92 Å². The second-order valence-corrected chi connectivity index (χ2v) is 3.71. The fourth-order valence-corrected chi connectivity index (χ4v) is 1.72. The van der Waals surface area contributed by atoms with Gasteiger partial charge in [-0.2, -0.15) is 0 Å². The third kappa shape index (κ3) is 1.65. The summed E-state index contributed by atoms with van der Waals surface area (Å²) in [5, 5.41) is 1.31. The third-order valence-electron chi connectivity index (χ3n) is 2.59. The highest BCUT2D eigenvalue weighted by atomic mass is 16.4. The summed E-state index contributed by atoms with van der Waals surface area (Å²) < 4.78 is 5.02. The summed E-state index contributed by atoms with van der Waals surface area (Å²) in [6.07, 6.45) is 0.334. The van der Waals surface area contributed by atoms with Crippen LogP contribution in [0.1, 0.15) is 29.5 Å². The monoisotopic (exact) mass is 216 g/mol. The number of aryl methyl sites for hydroxylation is 1. The molecule has 0 aliphatic heterocycles. The van der Waals surface area contributed by atoms with Crippen molar-refractivity contribution in [3.63, 3.8) is 0 Å². The highest BCUT2D eigenvalue weighted by Gasteiger charge is 2.11. The van der Waals surface area contributed by atoms with E-state index < -0.39 is 5.63 Å². The Bertz CT molecular complexity index is 608. The highest BCUT2D eigenvalue weighted by molar-refractivity contribution is 5.96. The molecule has 82 valence electrons. The van der Waals surface area contributed by atoms with Gasteiger partial charge in [0.05, 0.1) is 5.39 Å². The van der Waals surface area contributed by atoms with E-state index in [1.807, 2.05) is 25.1 Å². The first kappa shape index (κ1) is 10.6. The maximum absolute atomic E-state index is 11.7. The smallest absolute Gasteiger partial charge is 0.344 e. The second kappa shape index (κ2) is 3.93. The van der Waals surface area contributed by atoms with Crippen molar-refractivity contribution in [1.29, 1.82) is 0 Å². The van der Waals surface area contributed by atoms with Crippen LogP contribution < -0.4 is 5.63 Å². The van der Waals surface area contributed by atoms with Crippen LogP contribution in [0.4, 0.5) is 0 Å². The third-order valence-corrected chi connectivity index (χ3v) is 2.59. The lowest BCUT2D eigenvalue weighted by Crippen LogP contribution is -2.07. The maximum Gasteiger partial charge on any atom is 0.344 e. The highest BCUT2D eigenvalue weighted by Crippen LogP contribution is 2.16. The summed E-state index contributed by atoms with van der Waals surface area (Å²) >= 11 is 0. The van der Waals surface area contributed by atoms with Crippen molar-refractivity contribution in [2.45, 2.75) is 20.3 Å². The lowest BCUT2D eigenvalue weighted by Gasteiger charge is -2.02. The molecule has 1 heterocycles. The second-order valence-electron chi connectivity index (χ2n) is 3.71. The lowest BCUT2D eigenvalue weighted by atomic mass is 10.1. The Morgan fingerprint density at radius 3 is 2.81 bits per heavy atom. The molecule has 2 aromatic rings. The van der Waals surface area contributed by atoms with Gasteiger partial charge >= 0.3 is 5.63 Å². The fraction of sp³-hybridized carbons (Fsp3) is 0.231. The zero-order valence-corrected chi connectivity index (χ0v) is 9.24. The molecule has 2 rings (SSSR count). The van der Waals surface area contributed by atoms with Gasteiger partial charge in [0, 0.05) is 6.42 Å². The predicted molar refractivity (Wildman–Crippen MR) is 61.8 cm³/mol. The molecule has 0 amide bonds. The molecule has 0 saturated heterocycles. The van der Waals surface area contributed by atoms with Crippen LogP contribution in [0.25, 0.3) is 10.8 Å². The number of ketones is 1. The van der Waals surface area contributed by atoms with Gasteiger partial charge < -0.3 is 4.42 Å². The zero-order chi connectivity index (χ0) is 11.7. The van der Waals surface area contributed by atoms with Crippen molar-refractivity contribution in [2.24, 2.45) is 0 Å².